The number of ether oxygens (including phenoxy) is 3. The predicted molar refractivity (Wildman–Crippen MR) is 151 cm³/mol. The number of nitrogens with zero attached hydrogens (tertiary/aromatic N) is 1. The van der Waals surface area contributed by atoms with E-state index in [0.717, 1.165) is 33.2 Å². The van der Waals surface area contributed by atoms with Crippen molar-refractivity contribution < 1.29 is 23.6 Å². The highest BCUT2D eigenvalue weighted by Gasteiger charge is 2.23. The highest BCUT2D eigenvalue weighted by atomic mass is 19.1. The van der Waals surface area contributed by atoms with E-state index in [0.29, 0.717) is 35.3 Å². The van der Waals surface area contributed by atoms with Gasteiger partial charge in [0.05, 0.1) is 18.3 Å². The number of nitrogens with one attached hydrogen (secondary N) is 1. The summed E-state index contributed by atoms with van der Waals surface area (Å²) in [6.45, 7) is 8.94. The number of H-pyrrole nitrogens is 1. The summed E-state index contributed by atoms with van der Waals surface area (Å²) >= 11 is 0. The van der Waals surface area contributed by atoms with Crippen LogP contribution in [0.25, 0.3) is 22.2 Å². The molecular formula is C33H32FN2O3+. The lowest BCUT2D eigenvalue weighted by atomic mass is 9.84. The quantitative estimate of drug-likeness (QED) is 0.218. The zero-order chi connectivity index (χ0) is 27.6. The molecule has 0 radical (unpaired) electrons. The van der Waals surface area contributed by atoms with E-state index in [4.69, 9.17) is 19.2 Å². The minimum atomic E-state index is -0.396. The lowest BCUT2D eigenvalue weighted by Crippen LogP contribution is -2.12. The number of hydrogen-bond donors (Lipinski definition) is 0. The number of halogens is 1. The molecule has 198 valence electrons. The van der Waals surface area contributed by atoms with Crippen LogP contribution in [0.4, 0.5) is 4.39 Å². The van der Waals surface area contributed by atoms with Crippen LogP contribution in [0, 0.1) is 12.7 Å². The number of aromatic amines is 1. The number of aromatic nitrogens is 2. The van der Waals surface area contributed by atoms with Crippen molar-refractivity contribution in [3.63, 3.8) is 0 Å². The van der Waals surface area contributed by atoms with Crippen molar-refractivity contribution in [3.8, 4) is 34.3 Å². The maximum atomic E-state index is 13.9. The third-order valence-electron chi connectivity index (χ3n) is 6.62. The van der Waals surface area contributed by atoms with Gasteiger partial charge in [0.25, 0.3) is 0 Å². The van der Waals surface area contributed by atoms with Crippen LogP contribution >= 0.6 is 0 Å². The fraction of sp³-hybridized carbons (Fsp3) is 0.212. The van der Waals surface area contributed by atoms with E-state index in [9.17, 15) is 4.39 Å². The number of methoxy groups -OCH3 is 1. The van der Waals surface area contributed by atoms with Crippen LogP contribution in [0.5, 0.6) is 23.0 Å². The van der Waals surface area contributed by atoms with Gasteiger partial charge in [-0.1, -0.05) is 57.2 Å². The van der Waals surface area contributed by atoms with Gasteiger partial charge in [-0.25, -0.2) is 14.4 Å². The summed E-state index contributed by atoms with van der Waals surface area (Å²) in [4.78, 5) is 8.14. The van der Waals surface area contributed by atoms with Crippen molar-refractivity contribution in [3.05, 3.63) is 108 Å². The summed E-state index contributed by atoms with van der Waals surface area (Å²) in [6.07, 6.45) is 3.74. The molecule has 0 unspecified atom stereocenters. The molecule has 6 heteroatoms. The smallest absolute Gasteiger partial charge is 0.180 e. The summed E-state index contributed by atoms with van der Waals surface area (Å²) in [5, 5.41) is 0.879. The Morgan fingerprint density at radius 2 is 1.67 bits per heavy atom. The van der Waals surface area contributed by atoms with E-state index in [1.54, 1.807) is 6.07 Å². The molecule has 1 N–H and O–H groups in total. The highest BCUT2D eigenvalue weighted by molar-refractivity contribution is 5.88. The molecule has 2 heterocycles. The van der Waals surface area contributed by atoms with E-state index in [2.05, 4.69) is 38.7 Å². The highest BCUT2D eigenvalue weighted by Crippen LogP contribution is 2.43. The van der Waals surface area contributed by atoms with Gasteiger partial charge in [-0.3, -0.25) is 0 Å². The summed E-state index contributed by atoms with van der Waals surface area (Å²) < 4.78 is 32.1. The molecule has 0 aliphatic rings. The van der Waals surface area contributed by atoms with Crippen molar-refractivity contribution in [2.45, 2.75) is 39.7 Å². The first-order chi connectivity index (χ1) is 18.7. The van der Waals surface area contributed by atoms with Gasteiger partial charge in [-0.05, 0) is 47.2 Å². The summed E-state index contributed by atoms with van der Waals surface area (Å²) in [6, 6.07) is 22.4. The fourth-order valence-corrected chi connectivity index (χ4v) is 4.50. The normalized spacial score (nSPS) is 11.4. The Morgan fingerprint density at radius 3 is 2.41 bits per heavy atom. The molecule has 0 saturated heterocycles. The Balaban J connectivity index is 1.67. The van der Waals surface area contributed by atoms with Gasteiger partial charge >= 0.3 is 0 Å². The average molecular weight is 524 g/mol. The van der Waals surface area contributed by atoms with Gasteiger partial charge in [0.15, 0.2) is 23.9 Å². The van der Waals surface area contributed by atoms with Crippen molar-refractivity contribution in [2.24, 2.45) is 0 Å². The zero-order valence-electron chi connectivity index (χ0n) is 22.8. The minimum absolute atomic E-state index is 0.120. The van der Waals surface area contributed by atoms with Crippen molar-refractivity contribution in [1.29, 1.82) is 0 Å². The molecule has 0 aliphatic heterocycles. The second-order valence-corrected chi connectivity index (χ2v) is 10.5. The Bertz CT molecular complexity index is 1630. The first-order valence-corrected chi connectivity index (χ1v) is 12.9. The van der Waals surface area contributed by atoms with Crippen LogP contribution in [-0.2, 0) is 12.0 Å². The Kier molecular flexibility index (Phi) is 7.20. The lowest BCUT2D eigenvalue weighted by Gasteiger charge is -2.24. The third kappa shape index (κ3) is 5.70. The molecule has 3 aromatic carbocycles. The molecule has 0 atom stereocenters. The molecular weight excluding hydrogens is 491 g/mol. The number of benzene rings is 3. The maximum Gasteiger partial charge on any atom is 0.180 e. The lowest BCUT2D eigenvalue weighted by molar-refractivity contribution is -0.375. The second kappa shape index (κ2) is 10.7. The predicted octanol–water partition coefficient (Wildman–Crippen LogP) is 7.84. The number of rotatable bonds is 7. The van der Waals surface area contributed by atoms with Gasteiger partial charge in [0.1, 0.15) is 29.3 Å². The van der Waals surface area contributed by atoms with E-state index in [1.165, 1.54) is 19.2 Å². The molecule has 0 bridgehead atoms. The molecule has 0 amide bonds. The molecule has 0 spiro atoms. The van der Waals surface area contributed by atoms with Crippen LogP contribution in [0.2, 0.25) is 0 Å². The topological polar surface area (TPSA) is 54.7 Å². The van der Waals surface area contributed by atoms with E-state index in [-0.39, 0.29) is 5.41 Å². The molecule has 5 nitrogen and oxygen atoms in total. The Morgan fingerprint density at radius 1 is 0.872 bits per heavy atom. The monoisotopic (exact) mass is 523 g/mol. The van der Waals surface area contributed by atoms with Crippen LogP contribution in [-0.4, -0.2) is 12.1 Å². The molecule has 39 heavy (non-hydrogen) atoms. The van der Waals surface area contributed by atoms with Gasteiger partial charge in [-0.15, -0.1) is 0 Å². The van der Waals surface area contributed by atoms with Crippen LogP contribution in [0.15, 0.2) is 85.2 Å². The maximum absolute atomic E-state index is 13.9. The minimum Gasteiger partial charge on any atom is -0.493 e. The van der Waals surface area contributed by atoms with Crippen LogP contribution in [0.3, 0.4) is 0 Å². The van der Waals surface area contributed by atoms with Crippen molar-refractivity contribution in [2.75, 3.05) is 7.11 Å². The van der Waals surface area contributed by atoms with Gasteiger partial charge in [-0.2, -0.15) is 0 Å². The second-order valence-electron chi connectivity index (χ2n) is 10.5. The average Bonchev–Trinajstić information content (AvgIpc) is 2.92. The third-order valence-corrected chi connectivity index (χ3v) is 6.62. The first kappa shape index (κ1) is 26.2. The van der Waals surface area contributed by atoms with Gasteiger partial charge < -0.3 is 14.2 Å². The summed E-state index contributed by atoms with van der Waals surface area (Å²) in [7, 11) is 1.50. The number of pyridine rings is 2. The zero-order valence-corrected chi connectivity index (χ0v) is 22.8. The van der Waals surface area contributed by atoms with Gasteiger partial charge in [0.2, 0.25) is 0 Å². The first-order valence-electron chi connectivity index (χ1n) is 12.9. The largest absolute Gasteiger partial charge is 0.493 e. The molecule has 0 fully saturated rings. The molecule has 2 aromatic heterocycles. The molecule has 0 aliphatic carbocycles. The SMILES string of the molecule is COc1cc(F)ccc1Oc1cc(C(C)(C)C)cc(C)c1-c1cc(OCc2ccccc2)c2c[nH+]ccc2n1. The fourth-order valence-electron chi connectivity index (χ4n) is 4.50. The number of fused-ring (bicyclic) bond motifs is 1. The number of aryl methyl sites for hydroxylation is 1. The van der Waals surface area contributed by atoms with Gasteiger partial charge in [0, 0.05) is 23.8 Å². The molecule has 0 saturated carbocycles. The molecule has 5 aromatic rings. The van der Waals surface area contributed by atoms with E-state index in [1.807, 2.05) is 60.9 Å². The molecule has 5 rings (SSSR count). The Hall–Kier alpha value is -4.45. The van der Waals surface area contributed by atoms with Crippen molar-refractivity contribution in [1.82, 2.24) is 4.98 Å². The van der Waals surface area contributed by atoms with E-state index >= 15 is 0 Å². The van der Waals surface area contributed by atoms with Crippen LogP contribution < -0.4 is 19.2 Å². The summed E-state index contributed by atoms with van der Waals surface area (Å²) in [5.74, 6) is 1.65. The standard InChI is InChI=1S/C33H31FN2O3/c1-21-15-23(33(2,3)4)16-31(39-28-12-11-24(34)17-30(28)37-5)32(21)27-18-29(25-19-35-14-13-26(25)36-27)38-20-22-9-7-6-8-10-22/h6-19H,20H2,1-5H3/p+1. The number of hydrogen-bond acceptors (Lipinski definition) is 4. The summed E-state index contributed by atoms with van der Waals surface area (Å²) in [5.41, 5.74) is 5.39. The van der Waals surface area contributed by atoms with Crippen molar-refractivity contribution >= 4 is 10.9 Å². The van der Waals surface area contributed by atoms with E-state index < -0.39 is 5.82 Å². The Labute approximate surface area is 228 Å². The van der Waals surface area contributed by atoms with Crippen LogP contribution in [0.1, 0.15) is 37.5 Å².